The Balaban J connectivity index is 2.16. The second kappa shape index (κ2) is 3.84. The average molecular weight is 221 g/mol. The van der Waals surface area contributed by atoms with E-state index in [0.29, 0.717) is 5.56 Å². The van der Waals surface area contributed by atoms with Crippen LogP contribution in [0.3, 0.4) is 0 Å². The third kappa shape index (κ3) is 1.60. The van der Waals surface area contributed by atoms with E-state index in [1.54, 1.807) is 0 Å². The average Bonchev–Trinajstić information content (AvgIpc) is 2.82. The van der Waals surface area contributed by atoms with E-state index in [4.69, 9.17) is 5.26 Å². The molecule has 0 aliphatic carbocycles. The van der Waals surface area contributed by atoms with Crippen LogP contribution in [0, 0.1) is 11.3 Å². The number of nitriles is 1. The first-order valence-electron chi connectivity index (χ1n) is 5.49. The highest BCUT2D eigenvalue weighted by atomic mass is 14.8. The van der Waals surface area contributed by atoms with E-state index >= 15 is 0 Å². The van der Waals surface area contributed by atoms with Crippen molar-refractivity contribution in [2.24, 2.45) is 0 Å². The molecule has 0 saturated carbocycles. The summed E-state index contributed by atoms with van der Waals surface area (Å²) in [5, 5.41) is 13.2. The number of aromatic nitrogens is 1. The number of rotatable bonds is 1. The molecular formula is C14H11N3. The summed E-state index contributed by atoms with van der Waals surface area (Å²) in [6.07, 6.45) is 8.04. The minimum atomic E-state index is 0.682. The fraction of sp³-hybridized carbons (Fsp3) is 0.0714. The highest BCUT2D eigenvalue weighted by Crippen LogP contribution is 2.26. The highest BCUT2D eigenvalue weighted by Gasteiger charge is 2.09. The van der Waals surface area contributed by atoms with Gasteiger partial charge in [-0.2, -0.15) is 5.26 Å². The van der Waals surface area contributed by atoms with Crippen molar-refractivity contribution in [3.63, 3.8) is 0 Å². The van der Waals surface area contributed by atoms with Crippen LogP contribution in [0.5, 0.6) is 0 Å². The predicted molar refractivity (Wildman–Crippen MR) is 68.1 cm³/mol. The molecule has 1 aromatic heterocycles. The number of allylic oxidation sites excluding steroid dienone is 2. The molecular weight excluding hydrogens is 210 g/mol. The van der Waals surface area contributed by atoms with Gasteiger partial charge in [0.05, 0.1) is 11.6 Å². The van der Waals surface area contributed by atoms with Gasteiger partial charge >= 0.3 is 0 Å². The molecule has 0 spiro atoms. The summed E-state index contributed by atoms with van der Waals surface area (Å²) in [6, 6.07) is 7.88. The molecule has 1 aliphatic heterocycles. The quantitative estimate of drug-likeness (QED) is 0.777. The zero-order chi connectivity index (χ0) is 11.7. The number of hydrogen-bond donors (Lipinski definition) is 2. The van der Waals surface area contributed by atoms with Gasteiger partial charge in [-0.1, -0.05) is 12.1 Å². The zero-order valence-corrected chi connectivity index (χ0v) is 9.20. The molecule has 0 unspecified atom stereocenters. The monoisotopic (exact) mass is 221 g/mol. The zero-order valence-electron chi connectivity index (χ0n) is 9.20. The van der Waals surface area contributed by atoms with Gasteiger partial charge in [0, 0.05) is 29.2 Å². The molecule has 0 saturated heterocycles. The maximum atomic E-state index is 8.86. The maximum absolute atomic E-state index is 8.86. The molecule has 2 aromatic rings. The summed E-state index contributed by atoms with van der Waals surface area (Å²) < 4.78 is 0. The third-order valence-corrected chi connectivity index (χ3v) is 2.96. The van der Waals surface area contributed by atoms with Crippen LogP contribution < -0.4 is 5.32 Å². The van der Waals surface area contributed by atoms with Gasteiger partial charge in [-0.25, -0.2) is 0 Å². The van der Waals surface area contributed by atoms with Crippen molar-refractivity contribution in [1.82, 2.24) is 10.3 Å². The Bertz CT molecular complexity index is 668. The Morgan fingerprint density at radius 2 is 2.24 bits per heavy atom. The Morgan fingerprint density at radius 3 is 3.00 bits per heavy atom. The smallest absolute Gasteiger partial charge is 0.0992 e. The van der Waals surface area contributed by atoms with E-state index in [2.05, 4.69) is 22.4 Å². The van der Waals surface area contributed by atoms with Gasteiger partial charge in [0.25, 0.3) is 0 Å². The molecule has 0 amide bonds. The minimum absolute atomic E-state index is 0.682. The molecule has 1 aromatic carbocycles. The van der Waals surface area contributed by atoms with Gasteiger partial charge in [0.2, 0.25) is 0 Å². The van der Waals surface area contributed by atoms with Crippen LogP contribution in [-0.2, 0) is 0 Å². The molecule has 1 aliphatic rings. The van der Waals surface area contributed by atoms with E-state index in [-0.39, 0.29) is 0 Å². The summed E-state index contributed by atoms with van der Waals surface area (Å²) in [5.74, 6) is 0. The van der Waals surface area contributed by atoms with Crippen LogP contribution in [0.1, 0.15) is 11.1 Å². The first kappa shape index (κ1) is 9.73. The fourth-order valence-corrected chi connectivity index (χ4v) is 2.11. The molecule has 0 fully saturated rings. The summed E-state index contributed by atoms with van der Waals surface area (Å²) in [5.41, 5.74) is 4.14. The second-order valence-electron chi connectivity index (χ2n) is 4.01. The van der Waals surface area contributed by atoms with Crippen molar-refractivity contribution in [2.45, 2.75) is 0 Å². The van der Waals surface area contributed by atoms with Crippen LogP contribution >= 0.6 is 0 Å². The third-order valence-electron chi connectivity index (χ3n) is 2.96. The van der Waals surface area contributed by atoms with Gasteiger partial charge in [-0.15, -0.1) is 0 Å². The molecule has 2 heterocycles. The number of aromatic amines is 1. The molecule has 0 atom stereocenters. The number of fused-ring (bicyclic) bond motifs is 1. The highest BCUT2D eigenvalue weighted by molar-refractivity contribution is 5.94. The standard InChI is InChI=1S/C14H11N3/c15-7-10-3-4-12-13(9-17-14(12)6-10)11-2-1-5-16-8-11/h1-6,9,16-17H,8H2. The summed E-state index contributed by atoms with van der Waals surface area (Å²) >= 11 is 0. The van der Waals surface area contributed by atoms with Crippen molar-refractivity contribution in [1.29, 1.82) is 5.26 Å². The van der Waals surface area contributed by atoms with Gasteiger partial charge in [-0.3, -0.25) is 0 Å². The van der Waals surface area contributed by atoms with Crippen molar-refractivity contribution in [3.05, 3.63) is 53.9 Å². The fourth-order valence-electron chi connectivity index (χ4n) is 2.11. The van der Waals surface area contributed by atoms with Crippen LogP contribution in [-0.4, -0.2) is 11.5 Å². The number of nitrogens with one attached hydrogen (secondary N) is 2. The number of H-pyrrole nitrogens is 1. The van der Waals surface area contributed by atoms with Crippen LogP contribution in [0.25, 0.3) is 16.5 Å². The van der Waals surface area contributed by atoms with E-state index < -0.39 is 0 Å². The second-order valence-corrected chi connectivity index (χ2v) is 4.01. The summed E-state index contributed by atoms with van der Waals surface area (Å²) in [7, 11) is 0. The number of hydrogen-bond acceptors (Lipinski definition) is 2. The number of nitrogens with zero attached hydrogens (tertiary/aromatic N) is 1. The summed E-state index contributed by atoms with van der Waals surface area (Å²) in [4.78, 5) is 3.22. The molecule has 3 heteroatoms. The minimum Gasteiger partial charge on any atom is -0.387 e. The lowest BCUT2D eigenvalue weighted by Gasteiger charge is -2.09. The van der Waals surface area contributed by atoms with Crippen LogP contribution in [0.2, 0.25) is 0 Å². The molecule has 3 rings (SSSR count). The van der Waals surface area contributed by atoms with Gasteiger partial charge in [0.15, 0.2) is 0 Å². The van der Waals surface area contributed by atoms with Crippen LogP contribution in [0.15, 0.2) is 42.7 Å². The lowest BCUT2D eigenvalue weighted by atomic mass is 10.0. The van der Waals surface area contributed by atoms with Crippen molar-refractivity contribution >= 4 is 16.5 Å². The molecule has 82 valence electrons. The van der Waals surface area contributed by atoms with E-state index in [1.807, 2.05) is 36.7 Å². The molecule has 0 bridgehead atoms. The van der Waals surface area contributed by atoms with Crippen molar-refractivity contribution in [2.75, 3.05) is 6.54 Å². The first-order chi connectivity index (χ1) is 8.38. The van der Waals surface area contributed by atoms with Crippen molar-refractivity contribution < 1.29 is 0 Å². The van der Waals surface area contributed by atoms with Crippen molar-refractivity contribution in [3.8, 4) is 6.07 Å². The lowest BCUT2D eigenvalue weighted by Crippen LogP contribution is -2.11. The van der Waals surface area contributed by atoms with Gasteiger partial charge < -0.3 is 10.3 Å². The molecule has 17 heavy (non-hydrogen) atoms. The van der Waals surface area contributed by atoms with E-state index in [1.165, 1.54) is 11.1 Å². The topological polar surface area (TPSA) is 51.6 Å². The van der Waals surface area contributed by atoms with E-state index in [0.717, 1.165) is 17.4 Å². The van der Waals surface area contributed by atoms with Crippen LogP contribution in [0.4, 0.5) is 0 Å². The molecule has 3 nitrogen and oxygen atoms in total. The predicted octanol–water partition coefficient (Wildman–Crippen LogP) is 2.54. The Kier molecular flexibility index (Phi) is 2.20. The molecule has 2 N–H and O–H groups in total. The normalized spacial score (nSPS) is 14.2. The SMILES string of the molecule is N#Cc1ccc2c(C3=CC=CNC3)c[nH]c2c1. The number of dihydropyridines is 1. The number of benzene rings is 1. The summed E-state index contributed by atoms with van der Waals surface area (Å²) in [6.45, 7) is 0.837. The molecule has 0 radical (unpaired) electrons. The van der Waals surface area contributed by atoms with Gasteiger partial charge in [-0.05, 0) is 30.0 Å². The van der Waals surface area contributed by atoms with Gasteiger partial charge in [0.1, 0.15) is 0 Å². The maximum Gasteiger partial charge on any atom is 0.0992 e. The largest absolute Gasteiger partial charge is 0.387 e. The Labute approximate surface area is 99.1 Å². The Hall–Kier alpha value is -2.47. The lowest BCUT2D eigenvalue weighted by molar-refractivity contribution is 0.987. The van der Waals surface area contributed by atoms with E-state index in [9.17, 15) is 0 Å². The first-order valence-corrected chi connectivity index (χ1v) is 5.49. The Morgan fingerprint density at radius 1 is 1.29 bits per heavy atom.